The van der Waals surface area contributed by atoms with Gasteiger partial charge in [0.25, 0.3) is 5.91 Å². The van der Waals surface area contributed by atoms with E-state index in [0.29, 0.717) is 20.6 Å². The lowest BCUT2D eigenvalue weighted by atomic mass is 9.95. The number of aryl methyl sites for hydroxylation is 2. The van der Waals surface area contributed by atoms with Crippen molar-refractivity contribution in [2.24, 2.45) is 0 Å². The molecule has 1 atom stereocenters. The van der Waals surface area contributed by atoms with Gasteiger partial charge in [-0.2, -0.15) is 0 Å². The van der Waals surface area contributed by atoms with Crippen molar-refractivity contribution in [2.45, 2.75) is 19.9 Å². The fourth-order valence-electron chi connectivity index (χ4n) is 4.03. The van der Waals surface area contributed by atoms with Crippen LogP contribution in [-0.2, 0) is 4.79 Å². The Balaban J connectivity index is 1.71. The summed E-state index contributed by atoms with van der Waals surface area (Å²) in [4.78, 5) is 33.2. The van der Waals surface area contributed by atoms with E-state index in [1.807, 2.05) is 26.0 Å². The molecule has 2 aromatic carbocycles. The van der Waals surface area contributed by atoms with Crippen LogP contribution < -0.4 is 4.90 Å². The fourth-order valence-corrected chi connectivity index (χ4v) is 6.07. The van der Waals surface area contributed by atoms with Crippen molar-refractivity contribution in [1.82, 2.24) is 4.98 Å². The predicted molar refractivity (Wildman–Crippen MR) is 129 cm³/mol. The summed E-state index contributed by atoms with van der Waals surface area (Å²) >= 11 is 8.86. The van der Waals surface area contributed by atoms with Gasteiger partial charge in [-0.3, -0.25) is 14.5 Å². The molecule has 5 rings (SSSR count). The highest BCUT2D eigenvalue weighted by Gasteiger charge is 2.46. The third kappa shape index (κ3) is 3.33. The maximum absolute atomic E-state index is 13.3. The summed E-state index contributed by atoms with van der Waals surface area (Å²) in [7, 11) is 0. The van der Waals surface area contributed by atoms with Crippen LogP contribution in [0, 0.1) is 13.8 Å². The van der Waals surface area contributed by atoms with E-state index in [1.54, 1.807) is 41.8 Å². The predicted octanol–water partition coefficient (Wildman–Crippen LogP) is 6.41. The second-order valence-electron chi connectivity index (χ2n) is 7.63. The van der Waals surface area contributed by atoms with Gasteiger partial charge in [0.2, 0.25) is 5.78 Å². The normalized spacial score (nSPS) is 16.4. The summed E-state index contributed by atoms with van der Waals surface area (Å²) in [5, 5.41) is 13.5. The number of thiazole rings is 1. The number of carbonyl (C=O) groups excluding carboxylic acids is 2. The topological polar surface area (TPSA) is 70.5 Å². The van der Waals surface area contributed by atoms with Crippen molar-refractivity contribution in [3.05, 3.63) is 91.8 Å². The van der Waals surface area contributed by atoms with E-state index in [4.69, 9.17) is 16.6 Å². The van der Waals surface area contributed by atoms with Crippen molar-refractivity contribution >= 4 is 61.3 Å². The number of nitrogens with zero attached hydrogens (tertiary/aromatic N) is 2. The first-order chi connectivity index (χ1) is 15.3. The summed E-state index contributed by atoms with van der Waals surface area (Å²) in [5.74, 6) is -1.59. The third-order valence-corrected chi connectivity index (χ3v) is 7.49. The van der Waals surface area contributed by atoms with Crippen LogP contribution >= 0.6 is 34.3 Å². The van der Waals surface area contributed by atoms with Crippen molar-refractivity contribution in [1.29, 1.82) is 0 Å². The van der Waals surface area contributed by atoms with Crippen LogP contribution in [0.15, 0.2) is 65.2 Å². The lowest BCUT2D eigenvalue weighted by Crippen LogP contribution is -2.30. The molecule has 1 aliphatic heterocycles. The maximum Gasteiger partial charge on any atom is 0.296 e. The Kier molecular flexibility index (Phi) is 5.12. The number of fused-ring (bicyclic) bond motifs is 1. The number of amides is 1. The highest BCUT2D eigenvalue weighted by atomic mass is 35.5. The average molecular weight is 481 g/mol. The van der Waals surface area contributed by atoms with Crippen molar-refractivity contribution < 1.29 is 14.7 Å². The zero-order valence-electron chi connectivity index (χ0n) is 17.1. The Hall–Kier alpha value is -3.00. The van der Waals surface area contributed by atoms with Crippen LogP contribution in [0.2, 0.25) is 5.02 Å². The third-order valence-electron chi connectivity index (χ3n) is 5.39. The number of Topliss-reactive ketones (excluding diaryl/α,β-unsaturated/α-hetero) is 1. The number of carbonyl (C=O) groups is 2. The number of halogens is 1. The minimum absolute atomic E-state index is 0.0341. The number of ketones is 1. The number of aliphatic hydroxyl groups is 1. The average Bonchev–Trinajstić information content (AvgIpc) is 3.47. The molecule has 1 N–H and O–H groups in total. The SMILES string of the molecule is Cc1cc(C)c2nc(N3C(=O)C(O)=C(C(=O)c4cccs4)[C@H]3c3cccc(Cl)c3)sc2c1. The number of benzene rings is 2. The smallest absolute Gasteiger partial charge is 0.296 e. The molecule has 8 heteroatoms. The molecule has 2 aromatic heterocycles. The van der Waals surface area contributed by atoms with Gasteiger partial charge in [-0.05, 0) is 60.2 Å². The van der Waals surface area contributed by atoms with Gasteiger partial charge in [0, 0.05) is 5.02 Å². The molecule has 0 unspecified atom stereocenters. The van der Waals surface area contributed by atoms with Crippen LogP contribution in [0.3, 0.4) is 0 Å². The van der Waals surface area contributed by atoms with Gasteiger partial charge < -0.3 is 5.11 Å². The largest absolute Gasteiger partial charge is 0.503 e. The van der Waals surface area contributed by atoms with Crippen LogP contribution in [-0.4, -0.2) is 21.8 Å². The maximum atomic E-state index is 13.3. The highest BCUT2D eigenvalue weighted by Crippen LogP contribution is 2.45. The molecule has 3 heterocycles. The fraction of sp³-hybridized carbons (Fsp3) is 0.125. The zero-order chi connectivity index (χ0) is 22.6. The molecule has 5 nitrogen and oxygen atoms in total. The molecule has 0 radical (unpaired) electrons. The summed E-state index contributed by atoms with van der Waals surface area (Å²) < 4.78 is 0.938. The first-order valence-electron chi connectivity index (χ1n) is 9.83. The Labute approximate surface area is 197 Å². The number of aliphatic hydroxyl groups excluding tert-OH is 1. The van der Waals surface area contributed by atoms with Crippen LogP contribution in [0.25, 0.3) is 10.2 Å². The quantitative estimate of drug-likeness (QED) is 0.342. The highest BCUT2D eigenvalue weighted by molar-refractivity contribution is 7.22. The Morgan fingerprint density at radius 2 is 1.97 bits per heavy atom. The van der Waals surface area contributed by atoms with E-state index in [2.05, 4.69) is 0 Å². The minimum atomic E-state index is -0.835. The summed E-state index contributed by atoms with van der Waals surface area (Å²) in [6.45, 7) is 3.98. The van der Waals surface area contributed by atoms with Gasteiger partial charge in [0.05, 0.1) is 26.7 Å². The van der Waals surface area contributed by atoms with E-state index in [9.17, 15) is 14.7 Å². The summed E-state index contributed by atoms with van der Waals surface area (Å²) in [5.41, 5.74) is 3.55. The first-order valence-corrected chi connectivity index (χ1v) is 11.9. The van der Waals surface area contributed by atoms with E-state index in [-0.39, 0.29) is 11.4 Å². The number of hydrogen-bond acceptors (Lipinski definition) is 6. The van der Waals surface area contributed by atoms with Gasteiger partial charge in [0.15, 0.2) is 10.9 Å². The molecule has 0 saturated heterocycles. The molecule has 1 amide bonds. The molecule has 160 valence electrons. The Morgan fingerprint density at radius 3 is 2.69 bits per heavy atom. The number of rotatable bonds is 4. The second-order valence-corrected chi connectivity index (χ2v) is 10.0. The van der Waals surface area contributed by atoms with Gasteiger partial charge in [-0.15, -0.1) is 11.3 Å². The zero-order valence-corrected chi connectivity index (χ0v) is 19.5. The summed E-state index contributed by atoms with van der Waals surface area (Å²) in [6.07, 6.45) is 0. The van der Waals surface area contributed by atoms with Gasteiger partial charge in [-0.1, -0.05) is 47.2 Å². The number of thiophene rings is 1. The Morgan fingerprint density at radius 1 is 1.16 bits per heavy atom. The second kappa shape index (κ2) is 7.85. The lowest BCUT2D eigenvalue weighted by Gasteiger charge is -2.24. The van der Waals surface area contributed by atoms with E-state index in [0.717, 1.165) is 21.3 Å². The van der Waals surface area contributed by atoms with Crippen LogP contribution in [0.1, 0.15) is 32.4 Å². The molecule has 0 bridgehead atoms. The number of anilines is 1. The van der Waals surface area contributed by atoms with Crippen molar-refractivity contribution in [3.8, 4) is 0 Å². The van der Waals surface area contributed by atoms with Gasteiger partial charge in [0.1, 0.15) is 0 Å². The Bertz CT molecular complexity index is 1420. The molecule has 0 fully saturated rings. The molecular weight excluding hydrogens is 464 g/mol. The standard InChI is InChI=1S/C24H17ClN2O3S2/c1-12-9-13(2)19-17(10-12)32-24(26-19)27-20(14-5-3-6-15(25)11-14)18(22(29)23(27)30)21(28)16-7-4-8-31-16/h3-11,20,29H,1-2H3/t20-/m1/s1. The summed E-state index contributed by atoms with van der Waals surface area (Å²) in [6, 6.07) is 13.6. The molecule has 32 heavy (non-hydrogen) atoms. The molecule has 0 aliphatic carbocycles. The molecule has 0 spiro atoms. The van der Waals surface area contributed by atoms with E-state index >= 15 is 0 Å². The first kappa shape index (κ1) is 20.9. The molecule has 4 aromatic rings. The lowest BCUT2D eigenvalue weighted by molar-refractivity contribution is -0.117. The van der Waals surface area contributed by atoms with E-state index < -0.39 is 17.7 Å². The van der Waals surface area contributed by atoms with Gasteiger partial charge >= 0.3 is 0 Å². The minimum Gasteiger partial charge on any atom is -0.503 e. The molecular formula is C24H17ClN2O3S2. The monoisotopic (exact) mass is 480 g/mol. The van der Waals surface area contributed by atoms with Gasteiger partial charge in [-0.25, -0.2) is 4.98 Å². The van der Waals surface area contributed by atoms with Crippen molar-refractivity contribution in [2.75, 3.05) is 4.90 Å². The number of aromatic nitrogens is 1. The van der Waals surface area contributed by atoms with E-state index in [1.165, 1.54) is 27.6 Å². The van der Waals surface area contributed by atoms with Crippen molar-refractivity contribution in [3.63, 3.8) is 0 Å². The molecule has 1 aliphatic rings. The van der Waals surface area contributed by atoms with Crippen LogP contribution in [0.4, 0.5) is 5.13 Å². The number of hydrogen-bond donors (Lipinski definition) is 1. The molecule has 0 saturated carbocycles. The van der Waals surface area contributed by atoms with Crippen LogP contribution in [0.5, 0.6) is 0 Å².